The molecule has 0 saturated heterocycles. The van der Waals surface area contributed by atoms with Crippen molar-refractivity contribution in [2.24, 2.45) is 0 Å². The topological polar surface area (TPSA) is 45.9 Å². The highest BCUT2D eigenvalue weighted by molar-refractivity contribution is 6.17. The van der Waals surface area contributed by atoms with Crippen LogP contribution in [0.25, 0.3) is 0 Å². The number of hydrogen-bond donors (Lipinski definition) is 0. The first kappa shape index (κ1) is 11.7. The molecule has 0 N–H and O–H groups in total. The summed E-state index contributed by atoms with van der Waals surface area (Å²) in [6.45, 7) is 0. The van der Waals surface area contributed by atoms with Gasteiger partial charge in [0.25, 0.3) is 6.43 Å². The minimum atomic E-state index is -2.81. The monoisotopic (exact) mass is 232 g/mol. The van der Waals surface area contributed by atoms with Crippen LogP contribution in [0.5, 0.6) is 5.75 Å². The molecule has 0 fully saturated rings. The number of pyridine rings is 1. The minimum Gasteiger partial charge on any atom is -0.496 e. The van der Waals surface area contributed by atoms with Crippen LogP contribution in [0.4, 0.5) is 8.78 Å². The number of aromatic nitrogens is 1. The Morgan fingerprint density at radius 1 is 1.67 bits per heavy atom. The normalized spacial score (nSPS) is 10.1. The second-order valence-corrected chi connectivity index (χ2v) is 2.89. The SMILES string of the molecule is COc1c(CCl)cnc(C#N)c1C(F)F. The predicted molar refractivity (Wildman–Crippen MR) is 50.0 cm³/mol. The first-order chi connectivity index (χ1) is 7.15. The molecule has 0 atom stereocenters. The van der Waals surface area contributed by atoms with Gasteiger partial charge in [-0.25, -0.2) is 13.8 Å². The maximum Gasteiger partial charge on any atom is 0.270 e. The number of ether oxygens (including phenoxy) is 1. The van der Waals surface area contributed by atoms with Gasteiger partial charge < -0.3 is 4.74 Å². The molecule has 0 bridgehead atoms. The van der Waals surface area contributed by atoms with Crippen molar-refractivity contribution in [2.45, 2.75) is 12.3 Å². The van der Waals surface area contributed by atoms with E-state index in [-0.39, 0.29) is 17.3 Å². The van der Waals surface area contributed by atoms with E-state index in [1.54, 1.807) is 6.07 Å². The van der Waals surface area contributed by atoms with Gasteiger partial charge >= 0.3 is 0 Å². The molecule has 1 aromatic rings. The van der Waals surface area contributed by atoms with Crippen LogP contribution in [0.3, 0.4) is 0 Å². The Morgan fingerprint density at radius 2 is 2.33 bits per heavy atom. The molecule has 0 aliphatic rings. The Balaban J connectivity index is 3.46. The van der Waals surface area contributed by atoms with Crippen LogP contribution in [-0.4, -0.2) is 12.1 Å². The van der Waals surface area contributed by atoms with E-state index in [0.29, 0.717) is 5.56 Å². The fourth-order valence-electron chi connectivity index (χ4n) is 1.18. The van der Waals surface area contributed by atoms with Crippen LogP contribution in [-0.2, 0) is 5.88 Å². The van der Waals surface area contributed by atoms with Crippen LogP contribution in [0, 0.1) is 11.3 Å². The zero-order valence-corrected chi connectivity index (χ0v) is 8.55. The lowest BCUT2D eigenvalue weighted by Crippen LogP contribution is -2.02. The number of halogens is 3. The lowest BCUT2D eigenvalue weighted by molar-refractivity contribution is 0.146. The largest absolute Gasteiger partial charge is 0.496 e. The van der Waals surface area contributed by atoms with Crippen LogP contribution < -0.4 is 4.74 Å². The molecule has 0 saturated carbocycles. The fraction of sp³-hybridized carbons (Fsp3) is 0.333. The van der Waals surface area contributed by atoms with Crippen molar-refractivity contribution in [2.75, 3.05) is 7.11 Å². The Labute approximate surface area is 90.3 Å². The van der Waals surface area contributed by atoms with Crippen LogP contribution >= 0.6 is 11.6 Å². The summed E-state index contributed by atoms with van der Waals surface area (Å²) < 4.78 is 30.1. The highest BCUT2D eigenvalue weighted by Gasteiger charge is 2.22. The van der Waals surface area contributed by atoms with Gasteiger partial charge in [-0.15, -0.1) is 11.6 Å². The summed E-state index contributed by atoms with van der Waals surface area (Å²) in [6.07, 6.45) is -1.55. The molecular formula is C9H7ClF2N2O. The summed E-state index contributed by atoms with van der Waals surface area (Å²) >= 11 is 5.54. The number of nitrogens with zero attached hydrogens (tertiary/aromatic N) is 2. The van der Waals surface area contributed by atoms with Crippen LogP contribution in [0.2, 0.25) is 0 Å². The summed E-state index contributed by atoms with van der Waals surface area (Å²) in [7, 11) is 1.25. The molecule has 0 amide bonds. The van der Waals surface area contributed by atoms with E-state index in [0.717, 1.165) is 0 Å². The molecule has 1 rings (SSSR count). The van der Waals surface area contributed by atoms with Gasteiger partial charge in [-0.2, -0.15) is 5.26 Å². The predicted octanol–water partition coefficient (Wildman–Crippen LogP) is 2.64. The quantitative estimate of drug-likeness (QED) is 0.753. The molecule has 80 valence electrons. The molecule has 0 unspecified atom stereocenters. The van der Waals surface area contributed by atoms with Crippen molar-refractivity contribution in [3.8, 4) is 11.8 Å². The smallest absolute Gasteiger partial charge is 0.270 e. The van der Waals surface area contributed by atoms with E-state index in [1.165, 1.54) is 13.3 Å². The van der Waals surface area contributed by atoms with Crippen LogP contribution in [0.1, 0.15) is 23.2 Å². The van der Waals surface area contributed by atoms with Gasteiger partial charge in [0, 0.05) is 11.8 Å². The molecule has 0 spiro atoms. The first-order valence-corrected chi connectivity index (χ1v) is 4.49. The molecule has 0 aliphatic carbocycles. The van der Waals surface area contributed by atoms with Gasteiger partial charge in [0.05, 0.1) is 18.6 Å². The lowest BCUT2D eigenvalue weighted by atomic mass is 10.1. The van der Waals surface area contributed by atoms with Crippen LogP contribution in [0.15, 0.2) is 6.20 Å². The van der Waals surface area contributed by atoms with E-state index >= 15 is 0 Å². The third-order valence-electron chi connectivity index (χ3n) is 1.81. The molecule has 6 heteroatoms. The number of hydrogen-bond acceptors (Lipinski definition) is 3. The average molecular weight is 233 g/mol. The lowest BCUT2D eigenvalue weighted by Gasteiger charge is -2.11. The number of nitriles is 1. The zero-order valence-electron chi connectivity index (χ0n) is 7.80. The third kappa shape index (κ3) is 2.16. The Bertz CT molecular complexity index is 404. The fourth-order valence-corrected chi connectivity index (χ4v) is 1.37. The molecule has 3 nitrogen and oxygen atoms in total. The molecular weight excluding hydrogens is 226 g/mol. The zero-order chi connectivity index (χ0) is 11.4. The Hall–Kier alpha value is -1.41. The maximum absolute atomic E-state index is 12.7. The third-order valence-corrected chi connectivity index (χ3v) is 2.10. The molecule has 1 aromatic heterocycles. The van der Waals surface area contributed by atoms with Gasteiger partial charge in [0.15, 0.2) is 5.69 Å². The van der Waals surface area contributed by atoms with E-state index in [4.69, 9.17) is 21.6 Å². The highest BCUT2D eigenvalue weighted by atomic mass is 35.5. The van der Waals surface area contributed by atoms with Crippen molar-refractivity contribution in [3.63, 3.8) is 0 Å². The average Bonchev–Trinajstić information content (AvgIpc) is 2.26. The first-order valence-electron chi connectivity index (χ1n) is 3.95. The molecule has 0 radical (unpaired) electrons. The van der Waals surface area contributed by atoms with E-state index < -0.39 is 12.0 Å². The van der Waals surface area contributed by atoms with Crippen molar-refractivity contribution in [3.05, 3.63) is 23.0 Å². The summed E-state index contributed by atoms with van der Waals surface area (Å²) in [5.74, 6) is -0.0618. The standard InChI is InChI=1S/C9H7ClF2N2O/c1-15-8-5(2-10)4-14-6(3-13)7(8)9(11)12/h4,9H,2H2,1H3. The molecule has 1 heterocycles. The maximum atomic E-state index is 12.7. The summed E-state index contributed by atoms with van der Waals surface area (Å²) in [4.78, 5) is 3.59. The van der Waals surface area contributed by atoms with Gasteiger partial charge in [-0.3, -0.25) is 0 Å². The van der Waals surface area contributed by atoms with Gasteiger partial charge in [0.1, 0.15) is 11.8 Å². The summed E-state index contributed by atoms with van der Waals surface area (Å²) in [6, 6.07) is 1.59. The van der Waals surface area contributed by atoms with Crippen molar-refractivity contribution in [1.29, 1.82) is 5.26 Å². The number of rotatable bonds is 3. The Morgan fingerprint density at radius 3 is 2.73 bits per heavy atom. The second-order valence-electron chi connectivity index (χ2n) is 2.63. The Kier molecular flexibility index (Phi) is 3.81. The summed E-state index contributed by atoms with van der Waals surface area (Å²) in [5, 5.41) is 8.62. The van der Waals surface area contributed by atoms with Crippen molar-refractivity contribution < 1.29 is 13.5 Å². The van der Waals surface area contributed by atoms with Crippen molar-refractivity contribution >= 4 is 11.6 Å². The molecule has 0 aromatic carbocycles. The second kappa shape index (κ2) is 4.89. The minimum absolute atomic E-state index is 0.00159. The van der Waals surface area contributed by atoms with Gasteiger partial charge in [-0.05, 0) is 0 Å². The highest BCUT2D eigenvalue weighted by Crippen LogP contribution is 2.34. The molecule has 15 heavy (non-hydrogen) atoms. The van der Waals surface area contributed by atoms with E-state index in [2.05, 4.69) is 4.98 Å². The van der Waals surface area contributed by atoms with E-state index in [1.807, 2.05) is 0 Å². The number of alkyl halides is 3. The molecule has 0 aliphatic heterocycles. The van der Waals surface area contributed by atoms with Gasteiger partial charge in [0.2, 0.25) is 0 Å². The summed E-state index contributed by atoms with van der Waals surface area (Å²) in [5.41, 5.74) is -0.498. The van der Waals surface area contributed by atoms with E-state index in [9.17, 15) is 8.78 Å². The van der Waals surface area contributed by atoms with Crippen molar-refractivity contribution in [1.82, 2.24) is 4.98 Å². The number of methoxy groups -OCH3 is 1. The van der Waals surface area contributed by atoms with Gasteiger partial charge in [-0.1, -0.05) is 0 Å².